The summed E-state index contributed by atoms with van der Waals surface area (Å²) in [5.74, 6) is -2.36. The molecule has 0 unspecified atom stereocenters. The highest BCUT2D eigenvalue weighted by Gasteiger charge is 2.23. The molecule has 3 rings (SSSR count). The molecule has 1 fully saturated rings. The molecular formula is C18H13F2NO3. The topological polar surface area (TPSA) is 46.6 Å². The normalized spacial score (nSPS) is 14.2. The lowest BCUT2D eigenvalue weighted by molar-refractivity contribution is 0.104. The average molecular weight is 329 g/mol. The maximum atomic E-state index is 13.6. The Morgan fingerprint density at radius 2 is 1.96 bits per heavy atom. The third kappa shape index (κ3) is 3.17. The van der Waals surface area contributed by atoms with Crippen molar-refractivity contribution in [1.29, 1.82) is 0 Å². The second kappa shape index (κ2) is 6.62. The number of ether oxygens (including phenoxy) is 1. The lowest BCUT2D eigenvalue weighted by atomic mass is 10.1. The summed E-state index contributed by atoms with van der Waals surface area (Å²) in [6.07, 6.45) is 1.92. The zero-order valence-corrected chi connectivity index (χ0v) is 12.5. The van der Waals surface area contributed by atoms with Crippen molar-refractivity contribution in [3.63, 3.8) is 0 Å². The molecule has 0 radical (unpaired) electrons. The van der Waals surface area contributed by atoms with E-state index in [1.54, 1.807) is 24.3 Å². The van der Waals surface area contributed by atoms with Gasteiger partial charge in [0.25, 0.3) is 0 Å². The highest BCUT2D eigenvalue weighted by Crippen LogP contribution is 2.21. The minimum atomic E-state index is -1.00. The van der Waals surface area contributed by atoms with Gasteiger partial charge >= 0.3 is 6.09 Å². The van der Waals surface area contributed by atoms with Gasteiger partial charge in [0.1, 0.15) is 6.61 Å². The smallest absolute Gasteiger partial charge is 0.414 e. The van der Waals surface area contributed by atoms with Gasteiger partial charge < -0.3 is 4.74 Å². The van der Waals surface area contributed by atoms with Crippen molar-refractivity contribution in [3.05, 3.63) is 71.3 Å². The molecule has 0 N–H and O–H groups in total. The summed E-state index contributed by atoms with van der Waals surface area (Å²) < 4.78 is 31.6. The number of cyclic esters (lactones) is 1. The van der Waals surface area contributed by atoms with Gasteiger partial charge in [-0.25, -0.2) is 13.6 Å². The second-order valence-corrected chi connectivity index (χ2v) is 5.16. The minimum absolute atomic E-state index is 0.0115. The molecule has 1 aliphatic heterocycles. The van der Waals surface area contributed by atoms with Crippen LogP contribution >= 0.6 is 0 Å². The molecule has 24 heavy (non-hydrogen) atoms. The van der Waals surface area contributed by atoms with E-state index in [1.165, 1.54) is 29.2 Å². The summed E-state index contributed by atoms with van der Waals surface area (Å²) in [6.45, 7) is 0.719. The van der Waals surface area contributed by atoms with Crippen molar-refractivity contribution in [3.8, 4) is 0 Å². The van der Waals surface area contributed by atoms with E-state index >= 15 is 0 Å². The zero-order chi connectivity index (χ0) is 17.1. The van der Waals surface area contributed by atoms with E-state index in [4.69, 9.17) is 4.74 Å². The molecule has 1 amide bonds. The summed E-state index contributed by atoms with van der Waals surface area (Å²) >= 11 is 0. The molecule has 2 aromatic carbocycles. The maximum Gasteiger partial charge on any atom is 0.414 e. The summed E-state index contributed by atoms with van der Waals surface area (Å²) in [4.78, 5) is 25.2. The number of allylic oxidation sites excluding steroid dienone is 1. The molecule has 0 saturated carbocycles. The van der Waals surface area contributed by atoms with Crippen LogP contribution in [-0.2, 0) is 4.74 Å². The number of nitrogens with zero attached hydrogens (tertiary/aromatic N) is 1. The number of ketones is 1. The lowest BCUT2D eigenvalue weighted by Crippen LogP contribution is -2.23. The van der Waals surface area contributed by atoms with Crippen molar-refractivity contribution in [2.45, 2.75) is 0 Å². The number of anilines is 1. The number of carbonyl (C=O) groups excluding carboxylic acids is 2. The molecule has 2 aromatic rings. The first-order chi connectivity index (χ1) is 11.6. The molecule has 122 valence electrons. The number of benzene rings is 2. The summed E-state index contributed by atoms with van der Waals surface area (Å²) in [7, 11) is 0. The summed E-state index contributed by atoms with van der Waals surface area (Å²) in [5, 5.41) is 0. The molecule has 1 aliphatic rings. The quantitative estimate of drug-likeness (QED) is 0.633. The van der Waals surface area contributed by atoms with Crippen LogP contribution in [0.15, 0.2) is 48.5 Å². The van der Waals surface area contributed by atoms with E-state index in [0.717, 1.165) is 6.07 Å². The predicted molar refractivity (Wildman–Crippen MR) is 84.9 cm³/mol. The number of hydrogen-bond donors (Lipinski definition) is 0. The van der Waals surface area contributed by atoms with Gasteiger partial charge in [-0.1, -0.05) is 24.3 Å². The van der Waals surface area contributed by atoms with Crippen LogP contribution in [0.1, 0.15) is 15.9 Å². The molecule has 4 nitrogen and oxygen atoms in total. The number of halogens is 2. The highest BCUT2D eigenvalue weighted by atomic mass is 19.2. The van der Waals surface area contributed by atoms with Gasteiger partial charge in [0.2, 0.25) is 0 Å². The molecule has 0 atom stereocenters. The Morgan fingerprint density at radius 1 is 1.17 bits per heavy atom. The predicted octanol–water partition coefficient (Wildman–Crippen LogP) is 3.82. The van der Waals surface area contributed by atoms with Crippen molar-refractivity contribution >= 4 is 23.6 Å². The van der Waals surface area contributed by atoms with Crippen LogP contribution in [0.3, 0.4) is 0 Å². The zero-order valence-electron chi connectivity index (χ0n) is 12.5. The molecule has 0 bridgehead atoms. The highest BCUT2D eigenvalue weighted by molar-refractivity contribution is 6.07. The van der Waals surface area contributed by atoms with Gasteiger partial charge in [0.15, 0.2) is 17.4 Å². The molecular weight excluding hydrogens is 316 g/mol. The Morgan fingerprint density at radius 3 is 2.71 bits per heavy atom. The van der Waals surface area contributed by atoms with E-state index in [2.05, 4.69) is 0 Å². The van der Waals surface area contributed by atoms with Crippen molar-refractivity contribution in [2.75, 3.05) is 18.1 Å². The molecule has 0 aliphatic carbocycles. The first kappa shape index (κ1) is 15.9. The van der Waals surface area contributed by atoms with Crippen molar-refractivity contribution in [2.24, 2.45) is 0 Å². The number of rotatable bonds is 4. The monoisotopic (exact) mass is 329 g/mol. The first-order valence-electron chi connectivity index (χ1n) is 7.27. The van der Waals surface area contributed by atoms with Gasteiger partial charge in [-0.2, -0.15) is 0 Å². The number of carbonyl (C=O) groups is 2. The lowest BCUT2D eigenvalue weighted by Gasteiger charge is -2.13. The Kier molecular flexibility index (Phi) is 4.37. The maximum absolute atomic E-state index is 13.6. The SMILES string of the molecule is O=C(/C=C/c1cccc(F)c1F)c1cccc(N2CCOC2=O)c1. The van der Waals surface area contributed by atoms with Crippen molar-refractivity contribution < 1.29 is 23.1 Å². The standard InChI is InChI=1S/C18H13F2NO3/c19-15-6-2-3-12(17(15)20)7-8-16(22)13-4-1-5-14(11-13)21-9-10-24-18(21)23/h1-8,11H,9-10H2/b8-7+. The van der Waals surface area contributed by atoms with Gasteiger partial charge in [-0.3, -0.25) is 9.69 Å². The van der Waals surface area contributed by atoms with Crippen molar-refractivity contribution in [1.82, 2.24) is 0 Å². The van der Waals surface area contributed by atoms with Crippen LogP contribution in [-0.4, -0.2) is 25.0 Å². The van der Waals surface area contributed by atoms with Gasteiger partial charge in [-0.15, -0.1) is 0 Å². The minimum Gasteiger partial charge on any atom is -0.447 e. The van der Waals surface area contributed by atoms with Crippen LogP contribution in [0, 0.1) is 11.6 Å². The van der Waals surface area contributed by atoms with E-state index < -0.39 is 17.7 Å². The molecule has 1 heterocycles. The number of hydrogen-bond acceptors (Lipinski definition) is 3. The fourth-order valence-corrected chi connectivity index (χ4v) is 2.37. The average Bonchev–Trinajstić information content (AvgIpc) is 3.02. The largest absolute Gasteiger partial charge is 0.447 e. The van der Waals surface area contributed by atoms with Crippen LogP contribution in [0.25, 0.3) is 6.08 Å². The second-order valence-electron chi connectivity index (χ2n) is 5.16. The van der Waals surface area contributed by atoms with Gasteiger partial charge in [-0.05, 0) is 30.4 Å². The Bertz CT molecular complexity index is 833. The van der Waals surface area contributed by atoms with E-state index in [-0.39, 0.29) is 11.3 Å². The van der Waals surface area contributed by atoms with Gasteiger partial charge in [0, 0.05) is 16.8 Å². The van der Waals surface area contributed by atoms with Crippen LogP contribution in [0.5, 0.6) is 0 Å². The van der Waals surface area contributed by atoms with Crippen LogP contribution < -0.4 is 4.90 Å². The first-order valence-corrected chi connectivity index (χ1v) is 7.27. The Labute approximate surface area is 137 Å². The summed E-state index contributed by atoms with van der Waals surface area (Å²) in [5.41, 5.74) is 0.872. The van der Waals surface area contributed by atoms with E-state index in [9.17, 15) is 18.4 Å². The molecule has 1 saturated heterocycles. The molecule has 0 aromatic heterocycles. The van der Waals surface area contributed by atoms with E-state index in [1.807, 2.05) is 0 Å². The molecule has 6 heteroatoms. The molecule has 0 spiro atoms. The Hall–Kier alpha value is -3.02. The fraction of sp³-hybridized carbons (Fsp3) is 0.111. The Balaban J connectivity index is 1.81. The summed E-state index contributed by atoms with van der Waals surface area (Å²) in [6, 6.07) is 10.2. The van der Waals surface area contributed by atoms with Crippen LogP contribution in [0.2, 0.25) is 0 Å². The number of amides is 1. The third-order valence-electron chi connectivity index (χ3n) is 3.60. The van der Waals surface area contributed by atoms with E-state index in [0.29, 0.717) is 24.4 Å². The third-order valence-corrected chi connectivity index (χ3v) is 3.60. The van der Waals surface area contributed by atoms with Gasteiger partial charge in [0.05, 0.1) is 6.54 Å². The fourth-order valence-electron chi connectivity index (χ4n) is 2.37. The van der Waals surface area contributed by atoms with Crippen LogP contribution in [0.4, 0.5) is 19.3 Å².